The molecule has 2 aromatic heterocycles. The van der Waals surface area contributed by atoms with Crippen LogP contribution in [-0.4, -0.2) is 85.1 Å². The topological polar surface area (TPSA) is 63.6 Å². The summed E-state index contributed by atoms with van der Waals surface area (Å²) in [4.78, 5) is 18.2. The largest absolute Gasteiger partial charge is 0.461 e. The van der Waals surface area contributed by atoms with E-state index in [1.807, 2.05) is 11.0 Å². The Balaban J connectivity index is 1.28. The monoisotopic (exact) mass is 771 g/mol. The SMILES string of the molecule is CC(C)[Si](C#Cc1c(F)ccc2cccc(-c3ncc4c(N5CCOC[C@H]6[C@H](F)[C@H]65)nc(OC[C@@]56CCCN5C/C(=C/F)C6)nc4c3F)c12)(C(C)C)C(C)C. The van der Waals surface area contributed by atoms with Crippen LogP contribution in [0.15, 0.2) is 48.4 Å². The maximum Gasteiger partial charge on any atom is 0.319 e. The van der Waals surface area contributed by atoms with Crippen molar-refractivity contribution in [3.63, 3.8) is 0 Å². The molecule has 12 heteroatoms. The number of rotatable bonds is 8. The number of hydrogen-bond donors (Lipinski definition) is 0. The Hall–Kier alpha value is -4.05. The minimum absolute atomic E-state index is 0.0108. The van der Waals surface area contributed by atoms with Crippen LogP contribution in [0, 0.1) is 29.0 Å². The molecule has 1 aliphatic carbocycles. The lowest BCUT2D eigenvalue weighted by Gasteiger charge is -2.38. The Morgan fingerprint density at radius 1 is 1.05 bits per heavy atom. The zero-order valence-electron chi connectivity index (χ0n) is 32.4. The number of benzene rings is 2. The third-order valence-electron chi connectivity index (χ3n) is 12.9. The van der Waals surface area contributed by atoms with Crippen molar-refractivity contribution in [3.05, 3.63) is 65.6 Å². The van der Waals surface area contributed by atoms with E-state index in [1.54, 1.807) is 18.2 Å². The van der Waals surface area contributed by atoms with Gasteiger partial charge in [0.25, 0.3) is 0 Å². The molecule has 3 aliphatic heterocycles. The van der Waals surface area contributed by atoms with Crippen LogP contribution in [0.1, 0.15) is 66.4 Å². The number of alkyl halides is 1. The average molecular weight is 772 g/mol. The van der Waals surface area contributed by atoms with E-state index in [0.717, 1.165) is 19.4 Å². The molecule has 55 heavy (non-hydrogen) atoms. The van der Waals surface area contributed by atoms with Gasteiger partial charge in [0.2, 0.25) is 0 Å². The predicted molar refractivity (Wildman–Crippen MR) is 211 cm³/mol. The van der Waals surface area contributed by atoms with Gasteiger partial charge >= 0.3 is 6.01 Å². The summed E-state index contributed by atoms with van der Waals surface area (Å²) in [6.07, 6.45) is 3.40. The van der Waals surface area contributed by atoms with Crippen LogP contribution in [0.3, 0.4) is 0 Å². The van der Waals surface area contributed by atoms with Gasteiger partial charge in [-0.25, -0.2) is 17.6 Å². The second-order valence-electron chi connectivity index (χ2n) is 16.8. The zero-order valence-corrected chi connectivity index (χ0v) is 33.4. The summed E-state index contributed by atoms with van der Waals surface area (Å²) in [5.41, 5.74) is 5.53. The van der Waals surface area contributed by atoms with Crippen LogP contribution >= 0.6 is 0 Å². The van der Waals surface area contributed by atoms with E-state index in [0.29, 0.717) is 88.8 Å². The molecule has 5 heterocycles. The van der Waals surface area contributed by atoms with Crippen LogP contribution in [-0.2, 0) is 4.74 Å². The molecule has 0 amide bonds. The lowest BCUT2D eigenvalue weighted by molar-refractivity contribution is 0.108. The number of anilines is 1. The second-order valence-corrected chi connectivity index (χ2v) is 22.4. The molecule has 0 N–H and O–H groups in total. The van der Waals surface area contributed by atoms with Gasteiger partial charge in [0.05, 0.1) is 42.1 Å². The zero-order chi connectivity index (χ0) is 38.8. The molecule has 3 saturated heterocycles. The van der Waals surface area contributed by atoms with Gasteiger partial charge in [0.1, 0.15) is 43.7 Å². The fourth-order valence-corrected chi connectivity index (χ4v) is 15.3. The van der Waals surface area contributed by atoms with Crippen molar-refractivity contribution >= 4 is 35.6 Å². The number of nitrogens with zero attached hydrogens (tertiary/aromatic N) is 5. The fraction of sp³-hybridized carbons (Fsp3) is 0.512. The van der Waals surface area contributed by atoms with Crippen molar-refractivity contribution in [1.82, 2.24) is 19.9 Å². The smallest absolute Gasteiger partial charge is 0.319 e. The van der Waals surface area contributed by atoms with Crippen molar-refractivity contribution in [2.75, 3.05) is 44.4 Å². The number of pyridine rings is 1. The molecule has 2 aromatic carbocycles. The summed E-state index contributed by atoms with van der Waals surface area (Å²) in [5.74, 6) is 2.11. The highest BCUT2D eigenvalue weighted by atomic mass is 28.3. The van der Waals surface area contributed by atoms with Crippen LogP contribution in [0.2, 0.25) is 16.6 Å². The highest BCUT2D eigenvalue weighted by molar-refractivity contribution is 6.90. The van der Waals surface area contributed by atoms with Crippen LogP contribution in [0.5, 0.6) is 6.01 Å². The highest BCUT2D eigenvalue weighted by Gasteiger charge is 2.56. The van der Waals surface area contributed by atoms with E-state index >= 15 is 13.2 Å². The van der Waals surface area contributed by atoms with Crippen molar-refractivity contribution in [2.45, 2.75) is 95.2 Å². The number of aromatic nitrogens is 3. The molecule has 8 rings (SSSR count). The summed E-state index contributed by atoms with van der Waals surface area (Å²) in [6.45, 7) is 15.8. The summed E-state index contributed by atoms with van der Waals surface area (Å²) >= 11 is 0. The van der Waals surface area contributed by atoms with Gasteiger partial charge in [-0.3, -0.25) is 9.88 Å². The molecular weight excluding hydrogens is 723 g/mol. The van der Waals surface area contributed by atoms with Crippen LogP contribution < -0.4 is 9.64 Å². The molecule has 1 saturated carbocycles. The second kappa shape index (κ2) is 14.5. The van der Waals surface area contributed by atoms with Gasteiger partial charge in [0.15, 0.2) is 5.82 Å². The van der Waals surface area contributed by atoms with E-state index in [-0.39, 0.29) is 35.3 Å². The number of fused-ring (bicyclic) bond motifs is 4. The number of halogens is 4. The van der Waals surface area contributed by atoms with Gasteiger partial charge in [-0.05, 0) is 59.5 Å². The average Bonchev–Trinajstić information content (AvgIpc) is 3.52. The first-order valence-corrected chi connectivity index (χ1v) is 21.9. The number of ether oxygens (including phenoxy) is 2. The maximum atomic E-state index is 17.3. The van der Waals surface area contributed by atoms with Crippen molar-refractivity contribution in [3.8, 4) is 28.7 Å². The molecule has 0 radical (unpaired) electrons. The van der Waals surface area contributed by atoms with Gasteiger partial charge in [0, 0.05) is 36.2 Å². The van der Waals surface area contributed by atoms with E-state index < -0.39 is 37.5 Å². The minimum atomic E-state index is -2.25. The Labute approximate surface area is 321 Å². The first-order valence-electron chi connectivity index (χ1n) is 19.7. The third-order valence-corrected chi connectivity index (χ3v) is 19.2. The van der Waals surface area contributed by atoms with Gasteiger partial charge in [-0.1, -0.05) is 71.7 Å². The molecule has 0 bridgehead atoms. The first-order chi connectivity index (χ1) is 26.4. The van der Waals surface area contributed by atoms with Crippen molar-refractivity contribution in [2.24, 2.45) is 5.92 Å². The van der Waals surface area contributed by atoms with E-state index in [2.05, 4.69) is 67.9 Å². The quantitative estimate of drug-likeness (QED) is 0.101. The molecule has 4 aromatic rings. The van der Waals surface area contributed by atoms with Gasteiger partial charge in [-0.15, -0.1) is 5.54 Å². The standard InChI is InChI=1S/C43H49F4N5O2Si/c1-25(2)55(26(3)4,27(5)6)18-13-30-34(45)12-11-29-9-7-10-31(35(29)30)38-37(47)39-32(21-48-38)41(52-16-17-53-23-33-36(46)40(33)52)50-42(49-39)54-24-43-14-8-15-51(43)22-28(19-43)20-44/h7,9-12,20-21,25-27,33,36,40H,8,14-17,19,22-24H2,1-6H3/b28-20+/t33-,36-,40-,43-/m0/s1. The third kappa shape index (κ3) is 6.31. The van der Waals surface area contributed by atoms with Gasteiger partial charge in [-0.2, -0.15) is 9.97 Å². The van der Waals surface area contributed by atoms with E-state index in [1.165, 1.54) is 12.3 Å². The maximum absolute atomic E-state index is 17.3. The summed E-state index contributed by atoms with van der Waals surface area (Å²) in [5, 5.41) is 1.50. The van der Waals surface area contributed by atoms with E-state index in [4.69, 9.17) is 14.5 Å². The molecule has 4 fully saturated rings. The Morgan fingerprint density at radius 2 is 1.84 bits per heavy atom. The summed E-state index contributed by atoms with van der Waals surface area (Å²) < 4.78 is 74.2. The van der Waals surface area contributed by atoms with E-state index in [9.17, 15) is 4.39 Å². The van der Waals surface area contributed by atoms with Crippen LogP contribution in [0.4, 0.5) is 23.4 Å². The highest BCUT2D eigenvalue weighted by Crippen LogP contribution is 2.46. The molecule has 0 spiro atoms. The van der Waals surface area contributed by atoms with Crippen molar-refractivity contribution < 1.29 is 27.0 Å². The molecule has 290 valence electrons. The Morgan fingerprint density at radius 3 is 2.58 bits per heavy atom. The first kappa shape index (κ1) is 37.9. The summed E-state index contributed by atoms with van der Waals surface area (Å²) in [7, 11) is -2.25. The molecule has 4 atom stereocenters. The lowest BCUT2D eigenvalue weighted by atomic mass is 9.94. The molecule has 0 unspecified atom stereocenters. The van der Waals surface area contributed by atoms with Crippen LogP contribution in [0.25, 0.3) is 32.9 Å². The predicted octanol–water partition coefficient (Wildman–Crippen LogP) is 9.34. The normalized spacial score (nSPS) is 24.9. The Bertz CT molecular complexity index is 2220. The number of hydrogen-bond acceptors (Lipinski definition) is 7. The van der Waals surface area contributed by atoms with Crippen molar-refractivity contribution in [1.29, 1.82) is 0 Å². The Kier molecular flexibility index (Phi) is 9.96. The fourth-order valence-electron chi connectivity index (χ4n) is 10.1. The lowest BCUT2D eigenvalue weighted by Crippen LogP contribution is -2.43. The molecule has 4 aliphatic rings. The molecule has 7 nitrogen and oxygen atoms in total. The van der Waals surface area contributed by atoms with Gasteiger partial charge < -0.3 is 14.4 Å². The molecular formula is C43H49F4N5O2Si. The minimum Gasteiger partial charge on any atom is -0.461 e. The summed E-state index contributed by atoms with van der Waals surface area (Å²) in [6, 6.07) is 7.97.